The molecule has 9 heteroatoms. The number of methoxy groups -OCH3 is 1. The Labute approximate surface area is 202 Å². The van der Waals surface area contributed by atoms with Gasteiger partial charge in [0.15, 0.2) is 0 Å². The lowest BCUT2D eigenvalue weighted by Gasteiger charge is -2.44. The summed E-state index contributed by atoms with van der Waals surface area (Å²) in [5, 5.41) is 9.11. The van der Waals surface area contributed by atoms with Crippen molar-refractivity contribution in [3.05, 3.63) is 59.2 Å². The summed E-state index contributed by atoms with van der Waals surface area (Å²) in [6.45, 7) is 5.01. The highest BCUT2D eigenvalue weighted by Gasteiger charge is 2.51. The smallest absolute Gasteiger partial charge is 0.417 e. The predicted octanol–water partition coefficient (Wildman–Crippen LogP) is 4.59. The molecule has 4 rings (SSSR count). The average Bonchev–Trinajstić information content (AvgIpc) is 3.25. The quantitative estimate of drug-likeness (QED) is 0.596. The van der Waals surface area contributed by atoms with Gasteiger partial charge in [0.2, 0.25) is 0 Å². The number of alkyl halides is 3. The highest BCUT2D eigenvalue weighted by Crippen LogP contribution is 2.45. The number of fused-ring (bicyclic) bond motifs is 1. The molecular weight excluding hydrogens is 459 g/mol. The van der Waals surface area contributed by atoms with Gasteiger partial charge >= 0.3 is 6.18 Å². The van der Waals surface area contributed by atoms with Crippen LogP contribution in [0.1, 0.15) is 34.8 Å². The van der Waals surface area contributed by atoms with Crippen molar-refractivity contribution >= 4 is 11.6 Å². The molecule has 2 aromatic carbocycles. The van der Waals surface area contributed by atoms with E-state index in [2.05, 4.69) is 0 Å². The van der Waals surface area contributed by atoms with Crippen LogP contribution in [0.2, 0.25) is 0 Å². The third-order valence-electron chi connectivity index (χ3n) is 7.12. The molecule has 0 saturated carbocycles. The minimum absolute atomic E-state index is 0.0299. The van der Waals surface area contributed by atoms with Crippen LogP contribution in [-0.4, -0.2) is 57.3 Å². The summed E-state index contributed by atoms with van der Waals surface area (Å²) in [5.41, 5.74) is -0.613. The predicted molar refractivity (Wildman–Crippen MR) is 124 cm³/mol. The largest absolute Gasteiger partial charge is 0.497 e. The summed E-state index contributed by atoms with van der Waals surface area (Å²) in [7, 11) is 1.55. The van der Waals surface area contributed by atoms with Crippen molar-refractivity contribution in [2.45, 2.75) is 19.5 Å². The Morgan fingerprint density at radius 3 is 2.71 bits per heavy atom. The lowest BCUT2D eigenvalue weighted by molar-refractivity contribution is -0.137. The lowest BCUT2D eigenvalue weighted by atomic mass is 9.73. The highest BCUT2D eigenvalue weighted by molar-refractivity contribution is 5.95. The first-order valence-electron chi connectivity index (χ1n) is 11.6. The molecule has 6 nitrogen and oxygen atoms in total. The average molecular weight is 488 g/mol. The van der Waals surface area contributed by atoms with Crippen molar-refractivity contribution in [1.29, 1.82) is 5.26 Å². The standard InChI is InChI=1S/C26H28F3N3O3/c1-3-35-17-25-9-10-31(21-8-7-19(13-30)23(12-21)26(27,28)29)14-20(25)15-32(16-25)24(33)18-5-4-6-22(11-18)34-2/h4-8,11-12,20H,3,9-10,14-17H2,1-2H3. The molecule has 2 aliphatic rings. The Hall–Kier alpha value is -3.25. The number of nitriles is 1. The minimum Gasteiger partial charge on any atom is -0.497 e. The van der Waals surface area contributed by atoms with E-state index in [9.17, 15) is 18.0 Å². The van der Waals surface area contributed by atoms with E-state index in [-0.39, 0.29) is 22.8 Å². The Morgan fingerprint density at radius 2 is 2.03 bits per heavy atom. The van der Waals surface area contributed by atoms with E-state index >= 15 is 0 Å². The van der Waals surface area contributed by atoms with Crippen LogP contribution >= 0.6 is 0 Å². The Kier molecular flexibility index (Phi) is 6.95. The zero-order valence-electron chi connectivity index (χ0n) is 19.8. The second-order valence-electron chi connectivity index (χ2n) is 9.15. The number of hydrogen-bond acceptors (Lipinski definition) is 5. The van der Waals surface area contributed by atoms with E-state index in [1.54, 1.807) is 43.5 Å². The molecule has 1 amide bonds. The monoisotopic (exact) mass is 487 g/mol. The van der Waals surface area contributed by atoms with E-state index in [0.29, 0.717) is 62.8 Å². The summed E-state index contributed by atoms with van der Waals surface area (Å²) in [6.07, 6.45) is -3.93. The molecule has 2 fully saturated rings. The molecule has 2 aliphatic heterocycles. The number of halogens is 3. The van der Waals surface area contributed by atoms with E-state index < -0.39 is 11.7 Å². The molecular formula is C26H28F3N3O3. The van der Waals surface area contributed by atoms with Crippen molar-refractivity contribution in [3.63, 3.8) is 0 Å². The summed E-state index contributed by atoms with van der Waals surface area (Å²) in [5.74, 6) is 0.532. The minimum atomic E-state index is -4.61. The first-order valence-corrected chi connectivity index (χ1v) is 11.6. The number of nitrogens with zero attached hydrogens (tertiary/aromatic N) is 3. The van der Waals surface area contributed by atoms with E-state index in [1.807, 2.05) is 16.7 Å². The summed E-state index contributed by atoms with van der Waals surface area (Å²) in [6, 6.07) is 12.5. The fourth-order valence-electron chi connectivity index (χ4n) is 5.21. The first kappa shape index (κ1) is 24.9. The molecule has 0 aliphatic carbocycles. The summed E-state index contributed by atoms with van der Waals surface area (Å²) in [4.78, 5) is 17.1. The van der Waals surface area contributed by atoms with Gasteiger partial charge < -0.3 is 19.3 Å². The van der Waals surface area contributed by atoms with Gasteiger partial charge in [-0.3, -0.25) is 4.79 Å². The number of hydrogen-bond donors (Lipinski definition) is 0. The van der Waals surface area contributed by atoms with Crippen molar-refractivity contribution in [2.75, 3.05) is 51.4 Å². The SMILES string of the molecule is CCOCC12CCN(c3ccc(C#N)c(C(F)(F)F)c3)CC1CN(C(=O)c1cccc(OC)c1)C2. The van der Waals surface area contributed by atoms with E-state index in [1.165, 1.54) is 6.07 Å². The van der Waals surface area contributed by atoms with E-state index in [4.69, 9.17) is 14.7 Å². The molecule has 0 spiro atoms. The maximum atomic E-state index is 13.5. The molecule has 0 aromatic heterocycles. The number of anilines is 1. The van der Waals surface area contributed by atoms with Gasteiger partial charge in [0.25, 0.3) is 5.91 Å². The van der Waals surface area contributed by atoms with Crippen molar-refractivity contribution in [3.8, 4) is 11.8 Å². The number of piperidine rings is 1. The fraction of sp³-hybridized carbons (Fsp3) is 0.462. The van der Waals surface area contributed by atoms with Crippen LogP contribution in [0.25, 0.3) is 0 Å². The van der Waals surface area contributed by atoms with Crippen LogP contribution in [0.3, 0.4) is 0 Å². The maximum absolute atomic E-state index is 13.5. The van der Waals surface area contributed by atoms with Crippen LogP contribution in [0, 0.1) is 22.7 Å². The molecule has 35 heavy (non-hydrogen) atoms. The van der Waals surface area contributed by atoms with Gasteiger partial charge in [0.05, 0.1) is 30.9 Å². The zero-order chi connectivity index (χ0) is 25.2. The van der Waals surface area contributed by atoms with Crippen molar-refractivity contribution < 1.29 is 27.4 Å². The van der Waals surface area contributed by atoms with Gasteiger partial charge in [0.1, 0.15) is 5.75 Å². The fourth-order valence-corrected chi connectivity index (χ4v) is 5.21. The van der Waals surface area contributed by atoms with Crippen molar-refractivity contribution in [2.24, 2.45) is 11.3 Å². The van der Waals surface area contributed by atoms with Gasteiger partial charge in [-0.15, -0.1) is 0 Å². The summed E-state index contributed by atoms with van der Waals surface area (Å²) >= 11 is 0. The molecule has 0 radical (unpaired) electrons. The van der Waals surface area contributed by atoms with Gasteiger partial charge in [0, 0.05) is 55.4 Å². The molecule has 186 valence electrons. The molecule has 2 atom stereocenters. The maximum Gasteiger partial charge on any atom is 0.417 e. The normalized spacial score (nSPS) is 22.0. The van der Waals surface area contributed by atoms with Gasteiger partial charge in [-0.2, -0.15) is 18.4 Å². The van der Waals surface area contributed by atoms with Crippen molar-refractivity contribution in [1.82, 2.24) is 4.90 Å². The van der Waals surface area contributed by atoms with Crippen LogP contribution in [-0.2, 0) is 10.9 Å². The molecule has 0 N–H and O–H groups in total. The Bertz CT molecular complexity index is 1130. The second kappa shape index (κ2) is 9.78. The number of carbonyl (C=O) groups is 1. The van der Waals surface area contributed by atoms with Gasteiger partial charge in [-0.1, -0.05) is 6.07 Å². The first-order chi connectivity index (χ1) is 16.7. The Balaban J connectivity index is 1.59. The number of carbonyl (C=O) groups excluding carboxylic acids is 1. The lowest BCUT2D eigenvalue weighted by Crippen LogP contribution is -2.49. The molecule has 2 aromatic rings. The summed E-state index contributed by atoms with van der Waals surface area (Å²) < 4.78 is 51.6. The molecule has 2 saturated heterocycles. The third kappa shape index (κ3) is 4.94. The molecule has 2 unspecified atom stereocenters. The zero-order valence-corrected chi connectivity index (χ0v) is 19.8. The van der Waals surface area contributed by atoms with Crippen LogP contribution in [0.4, 0.5) is 18.9 Å². The van der Waals surface area contributed by atoms with Gasteiger partial charge in [-0.25, -0.2) is 0 Å². The number of ether oxygens (including phenoxy) is 2. The topological polar surface area (TPSA) is 65.8 Å². The third-order valence-corrected chi connectivity index (χ3v) is 7.12. The number of rotatable bonds is 6. The van der Waals surface area contributed by atoms with E-state index in [0.717, 1.165) is 6.07 Å². The molecule has 0 bridgehead atoms. The van der Waals surface area contributed by atoms with Crippen LogP contribution in [0.5, 0.6) is 5.75 Å². The van der Waals surface area contributed by atoms with Gasteiger partial charge in [-0.05, 0) is 49.7 Å². The Morgan fingerprint density at radius 1 is 1.23 bits per heavy atom. The number of likely N-dealkylation sites (tertiary alicyclic amines) is 1. The second-order valence-corrected chi connectivity index (χ2v) is 9.15. The van der Waals surface area contributed by atoms with Crippen LogP contribution < -0.4 is 9.64 Å². The highest BCUT2D eigenvalue weighted by atomic mass is 19.4. The molecule has 2 heterocycles. The number of benzene rings is 2. The van der Waals surface area contributed by atoms with Crippen LogP contribution in [0.15, 0.2) is 42.5 Å². The number of amides is 1.